The molecule has 88 valence electrons. The van der Waals surface area contributed by atoms with E-state index in [-0.39, 0.29) is 5.02 Å². The van der Waals surface area contributed by atoms with Gasteiger partial charge >= 0.3 is 6.18 Å². The standard InChI is InChI=1S/C8H6ClF3N2O2/c9-5-2-1-4(3-6(5)14(15)16)7(13)8(10,11)12/h1-3,7H,13H2/t7-/m1/s1. The van der Waals surface area contributed by atoms with Crippen molar-refractivity contribution in [2.75, 3.05) is 0 Å². The molecule has 8 heteroatoms. The van der Waals surface area contributed by atoms with Crippen molar-refractivity contribution in [3.63, 3.8) is 0 Å². The van der Waals surface area contributed by atoms with E-state index in [0.29, 0.717) is 0 Å². The molecule has 0 aromatic heterocycles. The summed E-state index contributed by atoms with van der Waals surface area (Å²) in [6.45, 7) is 0. The summed E-state index contributed by atoms with van der Waals surface area (Å²) in [5.41, 5.74) is 3.90. The third-order valence-electron chi connectivity index (χ3n) is 1.88. The summed E-state index contributed by atoms with van der Waals surface area (Å²) in [5.74, 6) is 0. The Balaban J connectivity index is 3.18. The summed E-state index contributed by atoms with van der Waals surface area (Å²) >= 11 is 5.45. The number of nitro benzene ring substituents is 1. The van der Waals surface area contributed by atoms with E-state index in [1.165, 1.54) is 0 Å². The Hall–Kier alpha value is -1.34. The van der Waals surface area contributed by atoms with Crippen LogP contribution in [0.5, 0.6) is 0 Å². The van der Waals surface area contributed by atoms with Crippen LogP contribution in [-0.4, -0.2) is 11.1 Å². The van der Waals surface area contributed by atoms with E-state index in [0.717, 1.165) is 18.2 Å². The molecule has 0 aliphatic rings. The van der Waals surface area contributed by atoms with Gasteiger partial charge < -0.3 is 5.73 Å². The number of nitro groups is 1. The largest absolute Gasteiger partial charge is 0.407 e. The highest BCUT2D eigenvalue weighted by atomic mass is 35.5. The van der Waals surface area contributed by atoms with Gasteiger partial charge in [0.05, 0.1) is 4.92 Å². The lowest BCUT2D eigenvalue weighted by Gasteiger charge is -2.15. The monoisotopic (exact) mass is 254 g/mol. The van der Waals surface area contributed by atoms with Crippen molar-refractivity contribution in [2.24, 2.45) is 5.73 Å². The highest BCUT2D eigenvalue weighted by Gasteiger charge is 2.38. The van der Waals surface area contributed by atoms with Gasteiger partial charge in [0.25, 0.3) is 5.69 Å². The summed E-state index contributed by atoms with van der Waals surface area (Å²) in [4.78, 5) is 9.58. The normalized spacial score (nSPS) is 13.6. The molecule has 0 fully saturated rings. The van der Waals surface area contributed by atoms with Crippen molar-refractivity contribution in [3.8, 4) is 0 Å². The van der Waals surface area contributed by atoms with Gasteiger partial charge in [-0.05, 0) is 11.6 Å². The van der Waals surface area contributed by atoms with Crippen molar-refractivity contribution < 1.29 is 18.1 Å². The number of hydrogen-bond donors (Lipinski definition) is 1. The first-order chi connectivity index (χ1) is 7.23. The summed E-state index contributed by atoms with van der Waals surface area (Å²) in [7, 11) is 0. The van der Waals surface area contributed by atoms with Gasteiger partial charge in [-0.25, -0.2) is 0 Å². The molecule has 0 aliphatic carbocycles. The number of rotatable bonds is 2. The van der Waals surface area contributed by atoms with Crippen LogP contribution in [0.3, 0.4) is 0 Å². The van der Waals surface area contributed by atoms with E-state index >= 15 is 0 Å². The maximum Gasteiger partial charge on any atom is 0.407 e. The van der Waals surface area contributed by atoms with E-state index in [9.17, 15) is 23.3 Å². The molecule has 1 atom stereocenters. The quantitative estimate of drug-likeness (QED) is 0.652. The molecule has 0 spiro atoms. The highest BCUT2D eigenvalue weighted by molar-refractivity contribution is 6.32. The zero-order valence-electron chi connectivity index (χ0n) is 7.66. The second kappa shape index (κ2) is 4.26. The number of nitrogens with two attached hydrogens (primary N) is 1. The Morgan fingerprint density at radius 3 is 2.44 bits per heavy atom. The first-order valence-corrected chi connectivity index (χ1v) is 4.37. The molecule has 16 heavy (non-hydrogen) atoms. The number of nitrogens with zero attached hydrogens (tertiary/aromatic N) is 1. The molecule has 4 nitrogen and oxygen atoms in total. The Kier molecular flexibility index (Phi) is 3.39. The Morgan fingerprint density at radius 1 is 1.44 bits per heavy atom. The van der Waals surface area contributed by atoms with Crippen LogP contribution in [0, 0.1) is 10.1 Å². The molecule has 0 radical (unpaired) electrons. The SMILES string of the molecule is N[C@H](c1ccc(Cl)c([N+](=O)[O-])c1)C(F)(F)F. The van der Waals surface area contributed by atoms with Gasteiger partial charge in [-0.1, -0.05) is 17.7 Å². The second-order valence-electron chi connectivity index (χ2n) is 2.99. The molecule has 1 aromatic carbocycles. The number of alkyl halides is 3. The van der Waals surface area contributed by atoms with Gasteiger partial charge in [0.15, 0.2) is 0 Å². The Morgan fingerprint density at radius 2 is 2.00 bits per heavy atom. The van der Waals surface area contributed by atoms with Gasteiger partial charge in [-0.3, -0.25) is 10.1 Å². The zero-order valence-corrected chi connectivity index (χ0v) is 8.42. The van der Waals surface area contributed by atoms with Crippen LogP contribution in [0.25, 0.3) is 0 Å². The third-order valence-corrected chi connectivity index (χ3v) is 2.20. The lowest BCUT2D eigenvalue weighted by Crippen LogP contribution is -2.28. The average Bonchev–Trinajstić information content (AvgIpc) is 2.15. The van der Waals surface area contributed by atoms with Gasteiger partial charge in [0.2, 0.25) is 0 Å². The van der Waals surface area contributed by atoms with E-state index in [1.54, 1.807) is 0 Å². The Labute approximate surface area is 93.0 Å². The maximum atomic E-state index is 12.2. The molecule has 2 N–H and O–H groups in total. The second-order valence-corrected chi connectivity index (χ2v) is 3.39. The fraction of sp³-hybridized carbons (Fsp3) is 0.250. The first-order valence-electron chi connectivity index (χ1n) is 3.99. The van der Waals surface area contributed by atoms with Crippen molar-refractivity contribution in [1.29, 1.82) is 0 Å². The van der Waals surface area contributed by atoms with Gasteiger partial charge in [0.1, 0.15) is 11.1 Å². The lowest BCUT2D eigenvalue weighted by atomic mass is 10.1. The molecular formula is C8H6ClF3N2O2. The maximum absolute atomic E-state index is 12.2. The van der Waals surface area contributed by atoms with Crippen molar-refractivity contribution in [3.05, 3.63) is 38.9 Å². The number of benzene rings is 1. The van der Waals surface area contributed by atoms with E-state index in [4.69, 9.17) is 17.3 Å². The van der Waals surface area contributed by atoms with Crippen LogP contribution in [-0.2, 0) is 0 Å². The molecule has 0 amide bonds. The van der Waals surface area contributed by atoms with Gasteiger partial charge in [0, 0.05) is 6.07 Å². The smallest absolute Gasteiger partial charge is 0.316 e. The predicted octanol–water partition coefficient (Wildman–Crippen LogP) is 2.81. The summed E-state index contributed by atoms with van der Waals surface area (Å²) in [6.07, 6.45) is -4.65. The van der Waals surface area contributed by atoms with Crippen LogP contribution < -0.4 is 5.73 Å². The van der Waals surface area contributed by atoms with Crippen molar-refractivity contribution >= 4 is 17.3 Å². The molecule has 0 unspecified atom stereocenters. The Bertz CT molecular complexity index is 422. The van der Waals surface area contributed by atoms with Crippen LogP contribution in [0.1, 0.15) is 11.6 Å². The zero-order chi connectivity index (χ0) is 12.5. The fourth-order valence-corrected chi connectivity index (χ4v) is 1.24. The van der Waals surface area contributed by atoms with Crippen LogP contribution in [0.4, 0.5) is 18.9 Å². The van der Waals surface area contributed by atoms with Crippen LogP contribution >= 0.6 is 11.6 Å². The van der Waals surface area contributed by atoms with Crippen LogP contribution in [0.15, 0.2) is 18.2 Å². The molecule has 0 bridgehead atoms. The molecular weight excluding hydrogens is 249 g/mol. The highest BCUT2D eigenvalue weighted by Crippen LogP contribution is 2.34. The predicted molar refractivity (Wildman–Crippen MR) is 51.1 cm³/mol. The molecule has 0 heterocycles. The minimum Gasteiger partial charge on any atom is -0.316 e. The third kappa shape index (κ3) is 2.61. The number of hydrogen-bond acceptors (Lipinski definition) is 3. The molecule has 0 saturated heterocycles. The molecule has 1 aromatic rings. The van der Waals surface area contributed by atoms with E-state index in [1.807, 2.05) is 0 Å². The topological polar surface area (TPSA) is 69.2 Å². The minimum atomic E-state index is -4.65. The fourth-order valence-electron chi connectivity index (χ4n) is 1.05. The lowest BCUT2D eigenvalue weighted by molar-refractivity contribution is -0.384. The first kappa shape index (κ1) is 12.7. The molecule has 1 rings (SSSR count). The van der Waals surface area contributed by atoms with Gasteiger partial charge in [-0.15, -0.1) is 0 Å². The van der Waals surface area contributed by atoms with Crippen molar-refractivity contribution in [2.45, 2.75) is 12.2 Å². The minimum absolute atomic E-state index is 0.233. The molecule has 0 saturated carbocycles. The summed E-state index contributed by atoms with van der Waals surface area (Å²) in [5, 5.41) is 10.2. The molecule has 0 aliphatic heterocycles. The van der Waals surface area contributed by atoms with E-state index in [2.05, 4.69) is 0 Å². The van der Waals surface area contributed by atoms with Gasteiger partial charge in [-0.2, -0.15) is 13.2 Å². The van der Waals surface area contributed by atoms with Crippen LogP contribution in [0.2, 0.25) is 5.02 Å². The number of halogens is 4. The average molecular weight is 255 g/mol. The van der Waals surface area contributed by atoms with Crippen molar-refractivity contribution in [1.82, 2.24) is 0 Å². The summed E-state index contributed by atoms with van der Waals surface area (Å²) < 4.78 is 36.7. The summed E-state index contributed by atoms with van der Waals surface area (Å²) in [6, 6.07) is 0.484. The van der Waals surface area contributed by atoms with E-state index < -0.39 is 28.4 Å².